The van der Waals surface area contributed by atoms with Crippen molar-refractivity contribution in [2.45, 2.75) is 52.7 Å². The molecule has 30 heavy (non-hydrogen) atoms. The van der Waals surface area contributed by atoms with E-state index in [-0.39, 0.29) is 16.7 Å². The maximum absolute atomic E-state index is 13.0. The summed E-state index contributed by atoms with van der Waals surface area (Å²) < 4.78 is 0. The largest absolute Gasteiger partial charge is 0.374 e. The second kappa shape index (κ2) is 9.19. The van der Waals surface area contributed by atoms with Gasteiger partial charge in [-0.25, -0.2) is 9.59 Å². The lowest BCUT2D eigenvalue weighted by Crippen LogP contribution is -2.26. The molecule has 160 valence electrons. The topological polar surface area (TPSA) is 88.1 Å². The Morgan fingerprint density at radius 3 is 1.67 bits per heavy atom. The van der Waals surface area contributed by atoms with Crippen LogP contribution in [0.5, 0.6) is 0 Å². The summed E-state index contributed by atoms with van der Waals surface area (Å²) in [4.78, 5) is 58.4. The van der Waals surface area contributed by atoms with Crippen LogP contribution in [0.15, 0.2) is 48.5 Å². The third kappa shape index (κ3) is 6.50. The van der Waals surface area contributed by atoms with Crippen molar-refractivity contribution in [3.63, 3.8) is 0 Å². The van der Waals surface area contributed by atoms with Crippen LogP contribution in [0.2, 0.25) is 0 Å². The minimum atomic E-state index is -0.993. The van der Waals surface area contributed by atoms with Gasteiger partial charge in [0.25, 0.3) is 0 Å². The quantitative estimate of drug-likeness (QED) is 0.385. The number of hydrogen-bond donors (Lipinski definition) is 0. The molecule has 0 atom stereocenters. The average Bonchev–Trinajstić information content (AvgIpc) is 2.68. The third-order valence-corrected chi connectivity index (χ3v) is 3.50. The molecule has 0 aliphatic carbocycles. The zero-order valence-electron chi connectivity index (χ0n) is 18.0. The molecule has 0 unspecified atom stereocenters. The average molecular weight is 414 g/mol. The third-order valence-electron chi connectivity index (χ3n) is 3.50. The first-order chi connectivity index (χ1) is 13.9. The normalized spacial score (nSPS) is 11.7. The lowest BCUT2D eigenvalue weighted by Gasteiger charge is -2.19. The fourth-order valence-corrected chi connectivity index (χ4v) is 2.29. The lowest BCUT2D eigenvalue weighted by atomic mass is 9.94. The molecule has 2 rings (SSSR count). The minimum Gasteiger partial charge on any atom is -0.292 e. The Hall–Kier alpha value is -3.03. The number of benzene rings is 2. The van der Waals surface area contributed by atoms with E-state index in [2.05, 4.69) is 0 Å². The first kappa shape index (κ1) is 23.3. The van der Waals surface area contributed by atoms with E-state index in [0.29, 0.717) is 5.56 Å². The van der Waals surface area contributed by atoms with Gasteiger partial charge >= 0.3 is 11.9 Å². The van der Waals surface area contributed by atoms with Crippen LogP contribution in [0, 0.1) is 0 Å². The Labute approximate surface area is 175 Å². The highest BCUT2D eigenvalue weighted by Crippen LogP contribution is 2.23. The molecule has 2 aromatic carbocycles. The molecule has 7 nitrogen and oxygen atoms in total. The highest BCUT2D eigenvalue weighted by molar-refractivity contribution is 6.17. The molecule has 0 spiro atoms. The van der Waals surface area contributed by atoms with Gasteiger partial charge in [-0.15, -0.1) is 0 Å². The molecule has 0 N–H and O–H groups in total. The molecule has 0 heterocycles. The van der Waals surface area contributed by atoms with E-state index in [1.807, 2.05) is 0 Å². The summed E-state index contributed by atoms with van der Waals surface area (Å²) in [7, 11) is 0. The molecule has 0 bridgehead atoms. The van der Waals surface area contributed by atoms with Gasteiger partial charge in [0.2, 0.25) is 0 Å². The summed E-state index contributed by atoms with van der Waals surface area (Å²) in [6.45, 7) is 10.2. The number of carbonyl (C=O) groups is 3. The summed E-state index contributed by atoms with van der Waals surface area (Å²) in [5.74, 6) is -2.38. The van der Waals surface area contributed by atoms with Crippen LogP contribution in [-0.4, -0.2) is 28.9 Å². The second-order valence-corrected chi connectivity index (χ2v) is 8.56. The van der Waals surface area contributed by atoms with Crippen LogP contribution in [0.25, 0.3) is 0 Å². The second-order valence-electron chi connectivity index (χ2n) is 8.56. The predicted octanol–water partition coefficient (Wildman–Crippen LogP) is 4.69. The molecule has 0 saturated heterocycles. The Balaban J connectivity index is 2.49. The molecular formula is C23H26O7. The highest BCUT2D eigenvalue weighted by Gasteiger charge is 2.30. The molecule has 0 aliphatic rings. The maximum Gasteiger partial charge on any atom is 0.374 e. The van der Waals surface area contributed by atoms with Gasteiger partial charge in [0.15, 0.2) is 5.78 Å². The molecule has 0 aliphatic heterocycles. The fraction of sp³-hybridized carbons (Fsp3) is 0.348. The van der Waals surface area contributed by atoms with Crippen LogP contribution in [0.4, 0.5) is 0 Å². The van der Waals surface area contributed by atoms with Crippen LogP contribution in [-0.2, 0) is 19.6 Å². The standard InChI is InChI=1S/C23H26O7/c1-22(2,3)29-27-20(25)17-14-10-13-16(19(24)15-11-8-7-9-12-15)18(17)21(26)28-30-23(4,5)6/h7-14H,1-6H3. The smallest absolute Gasteiger partial charge is 0.292 e. The van der Waals surface area contributed by atoms with Crippen molar-refractivity contribution in [2.24, 2.45) is 0 Å². The Kier molecular flexibility index (Phi) is 7.12. The molecule has 0 saturated carbocycles. The van der Waals surface area contributed by atoms with E-state index >= 15 is 0 Å². The van der Waals surface area contributed by atoms with E-state index in [4.69, 9.17) is 19.6 Å². The minimum absolute atomic E-state index is 0.0195. The number of carbonyl (C=O) groups excluding carboxylic acids is 3. The van der Waals surface area contributed by atoms with Crippen molar-refractivity contribution in [3.05, 3.63) is 70.8 Å². The van der Waals surface area contributed by atoms with E-state index < -0.39 is 28.9 Å². The summed E-state index contributed by atoms with van der Waals surface area (Å²) in [6.07, 6.45) is 0. The summed E-state index contributed by atoms with van der Waals surface area (Å²) in [5, 5.41) is 0. The van der Waals surface area contributed by atoms with E-state index in [9.17, 15) is 14.4 Å². The van der Waals surface area contributed by atoms with Crippen molar-refractivity contribution >= 4 is 17.7 Å². The highest BCUT2D eigenvalue weighted by atomic mass is 17.2. The first-order valence-electron chi connectivity index (χ1n) is 9.42. The lowest BCUT2D eigenvalue weighted by molar-refractivity contribution is -0.302. The van der Waals surface area contributed by atoms with Crippen molar-refractivity contribution in [2.75, 3.05) is 0 Å². The van der Waals surface area contributed by atoms with Crippen LogP contribution in [0.1, 0.15) is 78.2 Å². The van der Waals surface area contributed by atoms with Gasteiger partial charge < -0.3 is 0 Å². The SMILES string of the molecule is CC(C)(C)OOC(=O)c1cccc(C(=O)c2ccccc2)c1C(=O)OOC(C)(C)C. The van der Waals surface area contributed by atoms with Gasteiger partial charge in [-0.1, -0.05) is 42.5 Å². The van der Waals surface area contributed by atoms with Crippen molar-refractivity contribution in [3.8, 4) is 0 Å². The zero-order valence-corrected chi connectivity index (χ0v) is 18.0. The Bertz CT molecular complexity index is 919. The molecule has 0 fully saturated rings. The summed E-state index contributed by atoms with van der Waals surface area (Å²) >= 11 is 0. The van der Waals surface area contributed by atoms with Gasteiger partial charge in [-0.2, -0.15) is 9.78 Å². The molecule has 0 radical (unpaired) electrons. The maximum atomic E-state index is 13.0. The van der Waals surface area contributed by atoms with Crippen molar-refractivity contribution in [1.29, 1.82) is 0 Å². The number of hydrogen-bond acceptors (Lipinski definition) is 7. The van der Waals surface area contributed by atoms with E-state index in [1.54, 1.807) is 71.9 Å². The van der Waals surface area contributed by atoms with Gasteiger partial charge in [-0.3, -0.25) is 14.6 Å². The van der Waals surface area contributed by atoms with E-state index in [1.165, 1.54) is 18.2 Å². The van der Waals surface area contributed by atoms with E-state index in [0.717, 1.165) is 0 Å². The molecule has 0 aromatic heterocycles. The van der Waals surface area contributed by atoms with Crippen molar-refractivity contribution in [1.82, 2.24) is 0 Å². The van der Waals surface area contributed by atoms with Crippen LogP contribution < -0.4 is 0 Å². The first-order valence-corrected chi connectivity index (χ1v) is 9.42. The number of ketones is 1. The zero-order chi connectivity index (χ0) is 22.5. The summed E-state index contributed by atoms with van der Waals surface area (Å²) in [6, 6.07) is 12.6. The molecule has 2 aromatic rings. The van der Waals surface area contributed by atoms with Gasteiger partial charge in [-0.05, 0) is 47.6 Å². The van der Waals surface area contributed by atoms with Crippen LogP contribution in [0.3, 0.4) is 0 Å². The molecular weight excluding hydrogens is 388 g/mol. The van der Waals surface area contributed by atoms with Gasteiger partial charge in [0.1, 0.15) is 11.2 Å². The Morgan fingerprint density at radius 2 is 1.13 bits per heavy atom. The van der Waals surface area contributed by atoms with Gasteiger partial charge in [0.05, 0.1) is 11.1 Å². The Morgan fingerprint density at radius 1 is 0.633 bits per heavy atom. The van der Waals surface area contributed by atoms with Crippen LogP contribution >= 0.6 is 0 Å². The fourth-order valence-electron chi connectivity index (χ4n) is 2.29. The summed E-state index contributed by atoms with van der Waals surface area (Å²) in [5.41, 5.74) is -1.66. The molecule has 0 amide bonds. The monoisotopic (exact) mass is 414 g/mol. The van der Waals surface area contributed by atoms with Crippen molar-refractivity contribution < 1.29 is 33.9 Å². The molecule has 7 heteroatoms. The van der Waals surface area contributed by atoms with Gasteiger partial charge in [0, 0.05) is 11.1 Å². The number of rotatable bonds is 6. The predicted molar refractivity (Wildman–Crippen MR) is 109 cm³/mol.